The van der Waals surface area contributed by atoms with Crippen molar-refractivity contribution >= 4 is 43.2 Å². The Hall–Kier alpha value is -3.55. The zero-order valence-electron chi connectivity index (χ0n) is 18.3. The number of nitrogens with one attached hydrogen (secondary N) is 1. The third-order valence-electron chi connectivity index (χ3n) is 6.86. The van der Waals surface area contributed by atoms with Crippen molar-refractivity contribution in [3.8, 4) is 17.2 Å². The van der Waals surface area contributed by atoms with Crippen LogP contribution >= 0.6 is 11.3 Å². The first-order chi connectivity index (χ1) is 16.4. The number of halogens is 2. The van der Waals surface area contributed by atoms with Gasteiger partial charge in [-0.15, -0.1) is 11.3 Å². The highest BCUT2D eigenvalue weighted by molar-refractivity contribution is 7.23. The minimum absolute atomic E-state index is 0.0142. The molecule has 0 aliphatic carbocycles. The van der Waals surface area contributed by atoms with Gasteiger partial charge in [0.25, 0.3) is 5.91 Å². The molecule has 1 fully saturated rings. The summed E-state index contributed by atoms with van der Waals surface area (Å²) in [6.07, 6.45) is 0.724. The van der Waals surface area contributed by atoms with Gasteiger partial charge in [0.05, 0.1) is 27.0 Å². The SMILES string of the molecule is Cc1nn2c3c(cc(F)c(-c4ccc(F)c5sc(N)c(C#N)c45)c13)C(=O)N1CCNC[C@@H]1CC2. The van der Waals surface area contributed by atoms with E-state index in [1.165, 1.54) is 18.2 Å². The first-order valence-electron chi connectivity index (χ1n) is 11.0. The van der Waals surface area contributed by atoms with Crippen LogP contribution < -0.4 is 11.1 Å². The minimum atomic E-state index is -0.618. The summed E-state index contributed by atoms with van der Waals surface area (Å²) in [4.78, 5) is 15.4. The molecule has 4 aromatic rings. The number of nitriles is 1. The van der Waals surface area contributed by atoms with Crippen LogP contribution in [0.15, 0.2) is 18.2 Å². The van der Waals surface area contributed by atoms with Gasteiger partial charge >= 0.3 is 0 Å². The first kappa shape index (κ1) is 21.0. The van der Waals surface area contributed by atoms with E-state index in [2.05, 4.69) is 10.4 Å². The molecule has 6 rings (SSSR count). The fraction of sp³-hybridized carbons (Fsp3) is 0.292. The van der Waals surface area contributed by atoms with Crippen LogP contribution in [0.5, 0.6) is 0 Å². The molecule has 172 valence electrons. The summed E-state index contributed by atoms with van der Waals surface area (Å²) in [5.41, 5.74) is 8.09. The lowest BCUT2D eigenvalue weighted by molar-refractivity contribution is 0.0613. The Labute approximate surface area is 197 Å². The Morgan fingerprint density at radius 2 is 2.06 bits per heavy atom. The van der Waals surface area contributed by atoms with Crippen molar-refractivity contribution in [1.82, 2.24) is 20.0 Å². The number of benzene rings is 2. The summed E-state index contributed by atoms with van der Waals surface area (Å²) in [6, 6.07) is 6.05. The standard InChI is InChI=1S/C24H20F2N6OS/c1-11-18-20(13-2-3-16(25)22-19(13)15(9-27)23(28)34-22)17(26)8-14-21(18)32(30-11)6-4-12-10-29-5-7-31(12)24(14)33/h2-3,8,12,29H,4-7,10,28H2,1H3/t12-/m0/s1. The van der Waals surface area contributed by atoms with Crippen LogP contribution in [-0.4, -0.2) is 46.3 Å². The molecule has 34 heavy (non-hydrogen) atoms. The molecule has 0 bridgehead atoms. The summed E-state index contributed by atoms with van der Waals surface area (Å²) in [7, 11) is 0. The molecule has 2 aliphatic rings. The number of aryl methyl sites for hydroxylation is 2. The average Bonchev–Trinajstić information content (AvgIpc) is 3.34. The first-order valence-corrected chi connectivity index (χ1v) is 11.8. The van der Waals surface area contributed by atoms with Crippen LogP contribution in [-0.2, 0) is 6.54 Å². The Kier molecular flexibility index (Phi) is 4.62. The number of nitrogens with zero attached hydrogens (tertiary/aromatic N) is 4. The Balaban J connectivity index is 1.69. The maximum atomic E-state index is 15.9. The topological polar surface area (TPSA) is 100.0 Å². The van der Waals surface area contributed by atoms with Crippen molar-refractivity contribution in [3.05, 3.63) is 46.7 Å². The van der Waals surface area contributed by atoms with Gasteiger partial charge in [0.2, 0.25) is 0 Å². The van der Waals surface area contributed by atoms with Gasteiger partial charge < -0.3 is 16.0 Å². The van der Waals surface area contributed by atoms with E-state index in [1.807, 2.05) is 11.0 Å². The van der Waals surface area contributed by atoms with Gasteiger partial charge in [-0.25, -0.2) is 8.78 Å². The lowest BCUT2D eigenvalue weighted by Crippen LogP contribution is -2.54. The average molecular weight is 479 g/mol. The number of piperazine rings is 1. The minimum Gasteiger partial charge on any atom is -0.389 e. The molecule has 1 amide bonds. The summed E-state index contributed by atoms with van der Waals surface area (Å²) in [6.45, 7) is 4.28. The second-order valence-corrected chi connectivity index (χ2v) is 9.76. The zero-order chi connectivity index (χ0) is 23.7. The number of carbonyl (C=O) groups is 1. The molecule has 4 heterocycles. The predicted octanol–water partition coefficient (Wildman–Crippen LogP) is 3.78. The van der Waals surface area contributed by atoms with E-state index in [9.17, 15) is 14.4 Å². The van der Waals surface area contributed by atoms with E-state index in [4.69, 9.17) is 5.73 Å². The van der Waals surface area contributed by atoms with Gasteiger partial charge in [-0.05, 0) is 31.0 Å². The maximum absolute atomic E-state index is 15.9. The molecule has 0 spiro atoms. The van der Waals surface area contributed by atoms with E-state index in [0.29, 0.717) is 48.3 Å². The molecule has 2 aromatic heterocycles. The maximum Gasteiger partial charge on any atom is 0.256 e. The number of thiophene rings is 1. The summed E-state index contributed by atoms with van der Waals surface area (Å²) in [5, 5.41) is 18.6. The van der Waals surface area contributed by atoms with Gasteiger partial charge in [0, 0.05) is 48.6 Å². The number of rotatable bonds is 1. The largest absolute Gasteiger partial charge is 0.389 e. The van der Waals surface area contributed by atoms with E-state index in [1.54, 1.807) is 11.6 Å². The predicted molar refractivity (Wildman–Crippen MR) is 127 cm³/mol. The van der Waals surface area contributed by atoms with E-state index < -0.39 is 11.6 Å². The normalized spacial score (nSPS) is 18.1. The highest BCUT2D eigenvalue weighted by atomic mass is 32.1. The third-order valence-corrected chi connectivity index (χ3v) is 7.88. The summed E-state index contributed by atoms with van der Waals surface area (Å²) in [5.74, 6) is -1.36. The van der Waals surface area contributed by atoms with Crippen LogP contribution in [0.1, 0.15) is 28.0 Å². The van der Waals surface area contributed by atoms with Crippen molar-refractivity contribution in [2.24, 2.45) is 0 Å². The molecule has 3 N–H and O–H groups in total. The second kappa shape index (κ2) is 7.48. The van der Waals surface area contributed by atoms with E-state index in [0.717, 1.165) is 17.8 Å². The smallest absolute Gasteiger partial charge is 0.256 e. The fourth-order valence-corrected chi connectivity index (χ4v) is 6.30. The van der Waals surface area contributed by atoms with E-state index >= 15 is 4.39 Å². The van der Waals surface area contributed by atoms with Gasteiger partial charge in [-0.3, -0.25) is 9.48 Å². The van der Waals surface area contributed by atoms with Crippen LogP contribution in [0.2, 0.25) is 0 Å². The molecule has 7 nitrogen and oxygen atoms in total. The molecule has 0 radical (unpaired) electrons. The highest BCUT2D eigenvalue weighted by Crippen LogP contribution is 2.45. The van der Waals surface area contributed by atoms with Crippen molar-refractivity contribution in [2.75, 3.05) is 25.4 Å². The Morgan fingerprint density at radius 3 is 2.85 bits per heavy atom. The van der Waals surface area contributed by atoms with Crippen molar-refractivity contribution in [2.45, 2.75) is 25.9 Å². The number of amides is 1. The van der Waals surface area contributed by atoms with Crippen LogP contribution in [0.4, 0.5) is 13.8 Å². The molecule has 2 aliphatic heterocycles. The number of hydrogen-bond acceptors (Lipinski definition) is 6. The Bertz CT molecular complexity index is 1570. The van der Waals surface area contributed by atoms with Crippen molar-refractivity contribution in [3.63, 3.8) is 0 Å². The summed E-state index contributed by atoms with van der Waals surface area (Å²) >= 11 is 0.967. The molecule has 0 unspecified atom stereocenters. The van der Waals surface area contributed by atoms with Crippen molar-refractivity contribution in [1.29, 1.82) is 5.26 Å². The second-order valence-electron chi connectivity index (χ2n) is 8.71. The highest BCUT2D eigenvalue weighted by Gasteiger charge is 2.34. The molecule has 0 saturated carbocycles. The molecule has 2 aromatic carbocycles. The number of anilines is 1. The van der Waals surface area contributed by atoms with Crippen LogP contribution in [0.3, 0.4) is 0 Å². The monoisotopic (exact) mass is 478 g/mol. The molecule has 1 saturated heterocycles. The lowest BCUT2D eigenvalue weighted by atomic mass is 9.92. The number of nitrogens with two attached hydrogens (primary N) is 1. The number of fused-ring (bicyclic) bond motifs is 2. The Morgan fingerprint density at radius 1 is 1.24 bits per heavy atom. The van der Waals surface area contributed by atoms with Crippen molar-refractivity contribution < 1.29 is 13.6 Å². The van der Waals surface area contributed by atoms with Gasteiger partial charge in [0.15, 0.2) is 0 Å². The number of hydrogen-bond donors (Lipinski definition) is 2. The molecular formula is C24H20F2N6OS. The number of aromatic nitrogens is 2. The van der Waals surface area contributed by atoms with Gasteiger partial charge in [-0.1, -0.05) is 6.07 Å². The third kappa shape index (κ3) is 2.80. The fourth-order valence-electron chi connectivity index (χ4n) is 5.35. The molecule has 1 atom stereocenters. The number of nitrogen functional groups attached to an aromatic ring is 1. The van der Waals surface area contributed by atoms with E-state index in [-0.39, 0.29) is 43.7 Å². The lowest BCUT2D eigenvalue weighted by Gasteiger charge is -2.37. The molecular weight excluding hydrogens is 458 g/mol. The quantitative estimate of drug-likeness (QED) is 0.434. The van der Waals surface area contributed by atoms with Gasteiger partial charge in [0.1, 0.15) is 22.7 Å². The van der Waals surface area contributed by atoms with Crippen LogP contribution in [0, 0.1) is 29.9 Å². The zero-order valence-corrected chi connectivity index (χ0v) is 19.1. The van der Waals surface area contributed by atoms with Crippen LogP contribution in [0.25, 0.3) is 32.1 Å². The summed E-state index contributed by atoms with van der Waals surface area (Å²) < 4.78 is 32.6. The number of carbonyl (C=O) groups excluding carboxylic acids is 1. The molecule has 10 heteroatoms. The van der Waals surface area contributed by atoms with Gasteiger partial charge in [-0.2, -0.15) is 10.4 Å².